The van der Waals surface area contributed by atoms with Crippen molar-refractivity contribution in [2.75, 3.05) is 45.9 Å². The van der Waals surface area contributed by atoms with E-state index in [0.29, 0.717) is 13.0 Å². The highest BCUT2D eigenvalue weighted by Gasteiger charge is 2.23. The number of carbonyl (C=O) groups excluding carboxylic acids is 1. The van der Waals surface area contributed by atoms with E-state index in [1.54, 1.807) is 11.3 Å². The van der Waals surface area contributed by atoms with Gasteiger partial charge in [-0.1, -0.05) is 13.0 Å². The lowest BCUT2D eigenvalue weighted by Crippen LogP contribution is -2.43. The van der Waals surface area contributed by atoms with Crippen LogP contribution in [-0.4, -0.2) is 56.7 Å². The predicted molar refractivity (Wildman–Crippen MR) is 85.6 cm³/mol. The number of rotatable bonds is 8. The summed E-state index contributed by atoms with van der Waals surface area (Å²) in [5.41, 5.74) is 0. The number of morpholine rings is 1. The Labute approximate surface area is 130 Å². The van der Waals surface area contributed by atoms with Gasteiger partial charge in [0.25, 0.3) is 0 Å². The number of thiophene rings is 1. The van der Waals surface area contributed by atoms with Crippen LogP contribution in [0.4, 0.5) is 0 Å². The second-order valence-corrected chi connectivity index (χ2v) is 6.07. The van der Waals surface area contributed by atoms with Gasteiger partial charge < -0.3 is 15.4 Å². The van der Waals surface area contributed by atoms with Gasteiger partial charge in [0.1, 0.15) is 0 Å². The first-order chi connectivity index (χ1) is 10.3. The lowest BCUT2D eigenvalue weighted by atomic mass is 10.2. The van der Waals surface area contributed by atoms with Crippen molar-refractivity contribution in [2.45, 2.75) is 19.4 Å². The van der Waals surface area contributed by atoms with E-state index in [1.165, 1.54) is 4.88 Å². The molecule has 2 heterocycles. The largest absolute Gasteiger partial charge is 0.379 e. The number of carbonyl (C=O) groups is 1. The molecule has 0 bridgehead atoms. The lowest BCUT2D eigenvalue weighted by Gasteiger charge is -2.34. The van der Waals surface area contributed by atoms with Crippen LogP contribution in [0, 0.1) is 0 Å². The summed E-state index contributed by atoms with van der Waals surface area (Å²) in [6.07, 6.45) is 0.536. The highest BCUT2D eigenvalue weighted by atomic mass is 32.1. The highest BCUT2D eigenvalue weighted by Crippen LogP contribution is 2.25. The summed E-state index contributed by atoms with van der Waals surface area (Å²) in [5, 5.41) is 8.34. The fourth-order valence-corrected chi connectivity index (χ4v) is 3.32. The molecule has 2 rings (SSSR count). The molecule has 1 atom stereocenters. The van der Waals surface area contributed by atoms with Crippen LogP contribution in [-0.2, 0) is 9.53 Å². The fourth-order valence-electron chi connectivity index (χ4n) is 2.46. The molecule has 2 N–H and O–H groups in total. The van der Waals surface area contributed by atoms with E-state index in [-0.39, 0.29) is 11.9 Å². The van der Waals surface area contributed by atoms with Crippen LogP contribution in [0.5, 0.6) is 0 Å². The summed E-state index contributed by atoms with van der Waals surface area (Å²) < 4.78 is 5.42. The molecule has 21 heavy (non-hydrogen) atoms. The Kier molecular flexibility index (Phi) is 7.15. The average Bonchev–Trinajstić information content (AvgIpc) is 3.03. The van der Waals surface area contributed by atoms with Crippen LogP contribution in [0.1, 0.15) is 24.3 Å². The molecular formula is C15H25N3O2S. The first-order valence-corrected chi connectivity index (χ1v) is 8.52. The molecule has 1 aromatic heterocycles. The lowest BCUT2D eigenvalue weighted by molar-refractivity contribution is -0.121. The van der Waals surface area contributed by atoms with Crippen LogP contribution < -0.4 is 10.6 Å². The minimum atomic E-state index is 0.116. The Morgan fingerprint density at radius 3 is 2.95 bits per heavy atom. The third-order valence-corrected chi connectivity index (χ3v) is 4.60. The molecule has 1 saturated heterocycles. The van der Waals surface area contributed by atoms with E-state index < -0.39 is 0 Å². The maximum absolute atomic E-state index is 11.9. The van der Waals surface area contributed by atoms with Gasteiger partial charge in [0.15, 0.2) is 0 Å². The first kappa shape index (κ1) is 16.4. The SMILES string of the molecule is CCNCCC(=O)NCC(c1cccs1)N1CCOCC1. The molecular weight excluding hydrogens is 286 g/mol. The van der Waals surface area contributed by atoms with Gasteiger partial charge in [-0.3, -0.25) is 9.69 Å². The molecule has 6 heteroatoms. The number of amides is 1. The van der Waals surface area contributed by atoms with Crippen LogP contribution >= 0.6 is 11.3 Å². The second-order valence-electron chi connectivity index (χ2n) is 5.09. The number of ether oxygens (including phenoxy) is 1. The van der Waals surface area contributed by atoms with E-state index in [0.717, 1.165) is 39.4 Å². The fraction of sp³-hybridized carbons (Fsp3) is 0.667. The standard InChI is InChI=1S/C15H25N3O2S/c1-2-16-6-5-15(19)17-12-13(14-4-3-11-21-14)18-7-9-20-10-8-18/h3-4,11,13,16H,2,5-10,12H2,1H3,(H,17,19). The van der Waals surface area contributed by atoms with Crippen molar-refractivity contribution in [2.24, 2.45) is 0 Å². The van der Waals surface area contributed by atoms with Crippen LogP contribution in [0.2, 0.25) is 0 Å². The van der Waals surface area contributed by atoms with Crippen molar-refractivity contribution in [3.63, 3.8) is 0 Å². The zero-order chi connectivity index (χ0) is 14.9. The zero-order valence-corrected chi connectivity index (χ0v) is 13.5. The summed E-state index contributed by atoms with van der Waals surface area (Å²) in [7, 11) is 0. The predicted octanol–water partition coefficient (Wildman–Crippen LogP) is 1.24. The Morgan fingerprint density at radius 2 is 2.29 bits per heavy atom. The second kappa shape index (κ2) is 9.15. The van der Waals surface area contributed by atoms with Gasteiger partial charge in [-0.2, -0.15) is 0 Å². The summed E-state index contributed by atoms with van der Waals surface area (Å²) in [6, 6.07) is 4.48. The monoisotopic (exact) mass is 311 g/mol. The van der Waals surface area contributed by atoms with E-state index in [9.17, 15) is 4.79 Å². The molecule has 0 aliphatic carbocycles. The Morgan fingerprint density at radius 1 is 1.48 bits per heavy atom. The summed E-state index contributed by atoms with van der Waals surface area (Å²) in [6.45, 7) is 7.76. The van der Waals surface area contributed by atoms with Gasteiger partial charge >= 0.3 is 0 Å². The molecule has 1 unspecified atom stereocenters. The number of hydrogen-bond donors (Lipinski definition) is 2. The third kappa shape index (κ3) is 5.39. The molecule has 1 aliphatic heterocycles. The maximum Gasteiger partial charge on any atom is 0.221 e. The minimum Gasteiger partial charge on any atom is -0.379 e. The Balaban J connectivity index is 1.86. The Bertz CT molecular complexity index is 405. The van der Waals surface area contributed by atoms with Gasteiger partial charge in [-0.05, 0) is 18.0 Å². The quantitative estimate of drug-likeness (QED) is 0.709. The van der Waals surface area contributed by atoms with E-state index in [2.05, 4.69) is 33.0 Å². The van der Waals surface area contributed by atoms with Crippen LogP contribution in [0.3, 0.4) is 0 Å². The summed E-state index contributed by atoms with van der Waals surface area (Å²) >= 11 is 1.75. The van der Waals surface area contributed by atoms with Crippen molar-refractivity contribution < 1.29 is 9.53 Å². The zero-order valence-electron chi connectivity index (χ0n) is 12.6. The first-order valence-electron chi connectivity index (χ1n) is 7.64. The van der Waals surface area contributed by atoms with E-state index >= 15 is 0 Å². The molecule has 5 nitrogen and oxygen atoms in total. The summed E-state index contributed by atoms with van der Waals surface area (Å²) in [5.74, 6) is 0.116. The molecule has 0 radical (unpaired) electrons. The van der Waals surface area contributed by atoms with Crippen LogP contribution in [0.15, 0.2) is 17.5 Å². The molecule has 0 saturated carbocycles. The third-order valence-electron chi connectivity index (χ3n) is 3.63. The topological polar surface area (TPSA) is 53.6 Å². The smallest absolute Gasteiger partial charge is 0.221 e. The van der Waals surface area contributed by atoms with Gasteiger partial charge in [-0.25, -0.2) is 0 Å². The molecule has 1 aromatic rings. The molecule has 0 aromatic carbocycles. The molecule has 1 fully saturated rings. The van der Waals surface area contributed by atoms with Crippen molar-refractivity contribution in [1.82, 2.24) is 15.5 Å². The van der Waals surface area contributed by atoms with Gasteiger partial charge in [0.2, 0.25) is 5.91 Å². The van der Waals surface area contributed by atoms with Crippen molar-refractivity contribution in [1.29, 1.82) is 0 Å². The molecule has 1 aliphatic rings. The number of nitrogens with one attached hydrogen (secondary N) is 2. The summed E-state index contributed by atoms with van der Waals surface area (Å²) in [4.78, 5) is 15.6. The van der Waals surface area contributed by atoms with Crippen molar-refractivity contribution in [3.8, 4) is 0 Å². The molecule has 118 valence electrons. The van der Waals surface area contributed by atoms with Crippen molar-refractivity contribution in [3.05, 3.63) is 22.4 Å². The number of nitrogens with zero attached hydrogens (tertiary/aromatic N) is 1. The van der Waals surface area contributed by atoms with Gasteiger partial charge in [-0.15, -0.1) is 11.3 Å². The average molecular weight is 311 g/mol. The number of hydrogen-bond acceptors (Lipinski definition) is 5. The molecule has 0 spiro atoms. The normalized spacial score (nSPS) is 17.6. The highest BCUT2D eigenvalue weighted by molar-refractivity contribution is 7.10. The van der Waals surface area contributed by atoms with Gasteiger partial charge in [0, 0.05) is 37.5 Å². The minimum absolute atomic E-state index is 0.116. The van der Waals surface area contributed by atoms with E-state index in [1.807, 2.05) is 6.92 Å². The Hall–Kier alpha value is -0.950. The van der Waals surface area contributed by atoms with Crippen LogP contribution in [0.25, 0.3) is 0 Å². The van der Waals surface area contributed by atoms with E-state index in [4.69, 9.17) is 4.74 Å². The van der Waals surface area contributed by atoms with Crippen molar-refractivity contribution >= 4 is 17.2 Å². The maximum atomic E-state index is 11.9. The molecule has 1 amide bonds. The van der Waals surface area contributed by atoms with Gasteiger partial charge in [0.05, 0.1) is 19.3 Å².